The predicted molar refractivity (Wildman–Crippen MR) is 42.2 cm³/mol. The third-order valence-electron chi connectivity index (χ3n) is 1.77. The van der Waals surface area contributed by atoms with Crippen LogP contribution in [0.5, 0.6) is 0 Å². The fourth-order valence-corrected chi connectivity index (χ4v) is 1.18. The predicted octanol–water partition coefficient (Wildman–Crippen LogP) is 0.149. The van der Waals surface area contributed by atoms with E-state index in [9.17, 15) is 4.79 Å². The summed E-state index contributed by atoms with van der Waals surface area (Å²) in [5, 5.41) is 8.34. The molecular weight excluding hydrogens is 156 g/mol. The van der Waals surface area contributed by atoms with Gasteiger partial charge >= 0.3 is 5.97 Å². The summed E-state index contributed by atoms with van der Waals surface area (Å²) in [6.45, 7) is 2.38. The Kier molecular flexibility index (Phi) is 3.55. The van der Waals surface area contributed by atoms with Crippen molar-refractivity contribution >= 4 is 5.97 Å². The van der Waals surface area contributed by atoms with Gasteiger partial charge in [0.1, 0.15) is 0 Å². The molecule has 1 aliphatic heterocycles. The number of esters is 1. The van der Waals surface area contributed by atoms with Crippen molar-refractivity contribution in [3.05, 3.63) is 0 Å². The van der Waals surface area contributed by atoms with E-state index in [1.54, 1.807) is 0 Å². The highest BCUT2D eigenvalue weighted by Gasteiger charge is 2.14. The topological polar surface area (TPSA) is 53.3 Å². The van der Waals surface area contributed by atoms with Crippen LogP contribution >= 0.6 is 0 Å². The molecule has 0 N–H and O–H groups in total. The van der Waals surface area contributed by atoms with Crippen LogP contribution in [0, 0.1) is 11.3 Å². The SMILES string of the molecule is N#CCCN1CCCOC(=O)C1. The van der Waals surface area contributed by atoms with Crippen molar-refractivity contribution in [2.45, 2.75) is 12.8 Å². The maximum Gasteiger partial charge on any atom is 0.320 e. The molecule has 1 saturated heterocycles. The summed E-state index contributed by atoms with van der Waals surface area (Å²) >= 11 is 0. The van der Waals surface area contributed by atoms with E-state index in [1.165, 1.54) is 0 Å². The fourth-order valence-electron chi connectivity index (χ4n) is 1.18. The van der Waals surface area contributed by atoms with Crippen molar-refractivity contribution in [3.63, 3.8) is 0 Å². The molecule has 0 aromatic heterocycles. The van der Waals surface area contributed by atoms with E-state index in [0.29, 0.717) is 26.1 Å². The van der Waals surface area contributed by atoms with Crippen LogP contribution in [0.25, 0.3) is 0 Å². The van der Waals surface area contributed by atoms with Gasteiger partial charge in [-0.25, -0.2) is 0 Å². The molecular formula is C8H12N2O2. The van der Waals surface area contributed by atoms with Crippen molar-refractivity contribution in [1.29, 1.82) is 5.26 Å². The fraction of sp³-hybridized carbons (Fsp3) is 0.750. The molecule has 0 aromatic rings. The molecule has 0 aliphatic carbocycles. The Bertz CT molecular complexity index is 198. The lowest BCUT2D eigenvalue weighted by Gasteiger charge is -2.14. The maximum atomic E-state index is 10.9. The smallest absolute Gasteiger partial charge is 0.320 e. The van der Waals surface area contributed by atoms with Gasteiger partial charge in [0.15, 0.2) is 0 Å². The van der Waals surface area contributed by atoms with Gasteiger partial charge in [0, 0.05) is 19.5 Å². The average molecular weight is 168 g/mol. The van der Waals surface area contributed by atoms with Crippen molar-refractivity contribution < 1.29 is 9.53 Å². The lowest BCUT2D eigenvalue weighted by molar-refractivity contribution is -0.142. The quantitative estimate of drug-likeness (QED) is 0.551. The minimum Gasteiger partial charge on any atom is -0.465 e. The molecule has 1 rings (SSSR count). The number of carbonyl (C=O) groups is 1. The molecule has 1 fully saturated rings. The van der Waals surface area contributed by atoms with Gasteiger partial charge in [0.25, 0.3) is 0 Å². The zero-order chi connectivity index (χ0) is 8.81. The van der Waals surface area contributed by atoms with E-state index in [2.05, 4.69) is 6.07 Å². The summed E-state index contributed by atoms with van der Waals surface area (Å²) in [5.41, 5.74) is 0. The molecule has 4 nitrogen and oxygen atoms in total. The molecule has 0 bridgehead atoms. The second kappa shape index (κ2) is 4.73. The van der Waals surface area contributed by atoms with E-state index in [4.69, 9.17) is 10.00 Å². The van der Waals surface area contributed by atoms with Crippen LogP contribution in [0.1, 0.15) is 12.8 Å². The Balaban J connectivity index is 2.32. The maximum absolute atomic E-state index is 10.9. The third-order valence-corrected chi connectivity index (χ3v) is 1.77. The van der Waals surface area contributed by atoms with Crippen LogP contribution in [0.4, 0.5) is 0 Å². The number of ether oxygens (including phenoxy) is 1. The first kappa shape index (κ1) is 9.01. The lowest BCUT2D eigenvalue weighted by Crippen LogP contribution is -2.29. The lowest BCUT2D eigenvalue weighted by atomic mass is 10.3. The summed E-state index contributed by atoms with van der Waals surface area (Å²) in [4.78, 5) is 12.9. The van der Waals surface area contributed by atoms with Crippen LogP contribution in [0.2, 0.25) is 0 Å². The van der Waals surface area contributed by atoms with Crippen molar-refractivity contribution in [2.24, 2.45) is 0 Å². The van der Waals surface area contributed by atoms with Gasteiger partial charge in [-0.2, -0.15) is 5.26 Å². The van der Waals surface area contributed by atoms with Crippen LogP contribution in [-0.4, -0.2) is 37.1 Å². The third kappa shape index (κ3) is 2.89. The number of carbonyl (C=O) groups excluding carboxylic acids is 1. The van der Waals surface area contributed by atoms with Crippen molar-refractivity contribution in [3.8, 4) is 6.07 Å². The first-order chi connectivity index (χ1) is 5.83. The zero-order valence-corrected chi connectivity index (χ0v) is 6.95. The Morgan fingerprint density at radius 3 is 3.25 bits per heavy atom. The first-order valence-corrected chi connectivity index (χ1v) is 4.08. The normalized spacial score (nSPS) is 19.4. The number of nitriles is 1. The molecule has 12 heavy (non-hydrogen) atoms. The van der Waals surface area contributed by atoms with Gasteiger partial charge in [-0.05, 0) is 6.42 Å². The number of rotatable bonds is 2. The molecule has 66 valence electrons. The highest BCUT2D eigenvalue weighted by Crippen LogP contribution is 2.00. The Morgan fingerprint density at radius 1 is 1.67 bits per heavy atom. The average Bonchev–Trinajstić information content (AvgIpc) is 2.26. The van der Waals surface area contributed by atoms with Crippen LogP contribution in [0.15, 0.2) is 0 Å². The van der Waals surface area contributed by atoms with Gasteiger partial charge < -0.3 is 4.74 Å². The summed E-state index contributed by atoms with van der Waals surface area (Å²) in [6, 6.07) is 2.06. The molecule has 0 radical (unpaired) electrons. The zero-order valence-electron chi connectivity index (χ0n) is 6.95. The minimum absolute atomic E-state index is 0.176. The summed E-state index contributed by atoms with van der Waals surface area (Å²) < 4.78 is 4.85. The Morgan fingerprint density at radius 2 is 2.50 bits per heavy atom. The standard InChI is InChI=1S/C8H12N2O2/c9-3-1-4-10-5-2-6-12-8(11)7-10/h1-2,4-7H2. The Labute approximate surface area is 71.7 Å². The van der Waals surface area contributed by atoms with Gasteiger partial charge in [-0.3, -0.25) is 9.69 Å². The van der Waals surface area contributed by atoms with Gasteiger partial charge in [0.2, 0.25) is 0 Å². The van der Waals surface area contributed by atoms with Gasteiger partial charge in [-0.1, -0.05) is 0 Å². The molecule has 0 amide bonds. The van der Waals surface area contributed by atoms with Crippen LogP contribution in [0.3, 0.4) is 0 Å². The van der Waals surface area contributed by atoms with E-state index in [0.717, 1.165) is 13.0 Å². The minimum atomic E-state index is -0.176. The molecule has 0 aromatic carbocycles. The van der Waals surface area contributed by atoms with Crippen LogP contribution in [-0.2, 0) is 9.53 Å². The number of hydrogen-bond donors (Lipinski definition) is 0. The van der Waals surface area contributed by atoms with Crippen LogP contribution < -0.4 is 0 Å². The Hall–Kier alpha value is -1.08. The second-order valence-corrected chi connectivity index (χ2v) is 2.76. The van der Waals surface area contributed by atoms with Gasteiger partial charge in [0.05, 0.1) is 19.2 Å². The monoisotopic (exact) mass is 168 g/mol. The second-order valence-electron chi connectivity index (χ2n) is 2.76. The van der Waals surface area contributed by atoms with E-state index in [1.807, 2.05) is 4.90 Å². The highest BCUT2D eigenvalue weighted by molar-refractivity contribution is 5.71. The molecule has 4 heteroatoms. The summed E-state index contributed by atoms with van der Waals surface area (Å²) in [5.74, 6) is -0.176. The van der Waals surface area contributed by atoms with E-state index < -0.39 is 0 Å². The van der Waals surface area contributed by atoms with Crippen molar-refractivity contribution in [2.75, 3.05) is 26.2 Å². The summed E-state index contributed by atoms with van der Waals surface area (Å²) in [6.07, 6.45) is 1.35. The molecule has 0 spiro atoms. The molecule has 0 unspecified atom stereocenters. The molecule has 0 saturated carbocycles. The number of nitrogens with zero attached hydrogens (tertiary/aromatic N) is 2. The number of hydrogen-bond acceptors (Lipinski definition) is 4. The van der Waals surface area contributed by atoms with E-state index >= 15 is 0 Å². The van der Waals surface area contributed by atoms with E-state index in [-0.39, 0.29) is 5.97 Å². The van der Waals surface area contributed by atoms with Crippen molar-refractivity contribution in [1.82, 2.24) is 4.90 Å². The molecule has 1 heterocycles. The molecule has 0 atom stereocenters. The highest BCUT2D eigenvalue weighted by atomic mass is 16.5. The first-order valence-electron chi connectivity index (χ1n) is 4.08. The number of cyclic esters (lactones) is 1. The van der Waals surface area contributed by atoms with Gasteiger partial charge in [-0.15, -0.1) is 0 Å². The largest absolute Gasteiger partial charge is 0.465 e. The molecule has 1 aliphatic rings. The summed E-state index contributed by atoms with van der Waals surface area (Å²) in [7, 11) is 0.